The van der Waals surface area contributed by atoms with Gasteiger partial charge < -0.3 is 14.6 Å². The highest BCUT2D eigenvalue weighted by Gasteiger charge is 2.44. The number of nitrogens with zero attached hydrogens (tertiary/aromatic N) is 1. The predicted octanol–water partition coefficient (Wildman–Crippen LogP) is 7.22. The molecule has 194 valence electrons. The van der Waals surface area contributed by atoms with Crippen molar-refractivity contribution in [3.63, 3.8) is 0 Å². The van der Waals surface area contributed by atoms with Crippen LogP contribution >= 0.6 is 11.6 Å². The fourth-order valence-electron chi connectivity index (χ4n) is 5.33. The Hall–Kier alpha value is -4.03. The maximum absolute atomic E-state index is 13.7. The van der Waals surface area contributed by atoms with Gasteiger partial charge in [-0.25, -0.2) is 0 Å². The van der Waals surface area contributed by atoms with Crippen molar-refractivity contribution in [1.82, 2.24) is 0 Å². The standard InChI is InChI=1S/C31H29ClN2O4/c1-18-10-12-19(13-11-18)30(36)29-27(23-17-22(37-2)14-15-26(23)38-3)28-24(8-5-9-25(28)35)34(31(29)33)21-7-4-6-20(32)16-21/h4,6-7,10-17,27,33,36H,5,8-9H2,1-3H3/b30-29+,33-31?/t27-/m1/s1. The number of nitrogens with one attached hydrogen (secondary N) is 1. The van der Waals surface area contributed by atoms with E-state index in [-0.39, 0.29) is 17.4 Å². The first-order valence-corrected chi connectivity index (χ1v) is 12.8. The molecule has 0 saturated heterocycles. The number of ketones is 1. The van der Waals surface area contributed by atoms with Crippen LogP contribution in [-0.4, -0.2) is 30.9 Å². The van der Waals surface area contributed by atoms with Crippen molar-refractivity contribution in [3.8, 4) is 11.5 Å². The number of ether oxygens (including phenoxy) is 2. The molecule has 0 amide bonds. The average molecular weight is 529 g/mol. The van der Waals surface area contributed by atoms with Crippen LogP contribution in [0.3, 0.4) is 0 Å². The Morgan fingerprint density at radius 3 is 2.47 bits per heavy atom. The number of methoxy groups -OCH3 is 2. The summed E-state index contributed by atoms with van der Waals surface area (Å²) in [5.41, 5.74) is 4.52. The highest BCUT2D eigenvalue weighted by molar-refractivity contribution is 6.31. The normalized spacial score (nSPS) is 18.8. The molecule has 5 rings (SSSR count). The van der Waals surface area contributed by atoms with Crippen molar-refractivity contribution < 1.29 is 19.4 Å². The van der Waals surface area contributed by atoms with Crippen LogP contribution in [0.5, 0.6) is 11.5 Å². The Morgan fingerprint density at radius 1 is 1.03 bits per heavy atom. The van der Waals surface area contributed by atoms with E-state index >= 15 is 0 Å². The van der Waals surface area contributed by atoms with Gasteiger partial charge >= 0.3 is 0 Å². The number of aliphatic hydroxyl groups is 1. The van der Waals surface area contributed by atoms with Gasteiger partial charge in [0.1, 0.15) is 23.1 Å². The molecule has 1 aliphatic carbocycles. The summed E-state index contributed by atoms with van der Waals surface area (Å²) in [5, 5.41) is 21.8. The average Bonchev–Trinajstić information content (AvgIpc) is 2.92. The van der Waals surface area contributed by atoms with Gasteiger partial charge in [0.15, 0.2) is 5.78 Å². The molecule has 38 heavy (non-hydrogen) atoms. The van der Waals surface area contributed by atoms with E-state index in [1.54, 1.807) is 43.4 Å². The second-order valence-electron chi connectivity index (χ2n) is 9.47. The Balaban J connectivity index is 1.87. The number of carbonyl (C=O) groups excluding carboxylic acids is 1. The fourth-order valence-corrected chi connectivity index (χ4v) is 5.52. The molecule has 1 atom stereocenters. The molecule has 2 aliphatic rings. The van der Waals surface area contributed by atoms with E-state index in [9.17, 15) is 15.3 Å². The number of halogens is 1. The molecule has 0 fully saturated rings. The monoisotopic (exact) mass is 528 g/mol. The van der Waals surface area contributed by atoms with Gasteiger partial charge in [0.25, 0.3) is 0 Å². The highest BCUT2D eigenvalue weighted by Crippen LogP contribution is 2.50. The molecule has 0 saturated carbocycles. The summed E-state index contributed by atoms with van der Waals surface area (Å²) in [7, 11) is 3.14. The van der Waals surface area contributed by atoms with Crippen molar-refractivity contribution in [2.24, 2.45) is 0 Å². The first kappa shape index (κ1) is 25.6. The molecule has 1 heterocycles. The number of Topliss-reactive ketones (excluding diaryl/α,β-unsaturated/α-hetero) is 1. The number of allylic oxidation sites excluding steroid dienone is 2. The van der Waals surface area contributed by atoms with Crippen LogP contribution in [0.1, 0.15) is 41.9 Å². The lowest BCUT2D eigenvalue weighted by Gasteiger charge is -2.42. The molecule has 0 radical (unpaired) electrons. The number of aliphatic hydroxyl groups excluding tert-OH is 1. The van der Waals surface area contributed by atoms with Crippen LogP contribution in [0.25, 0.3) is 5.76 Å². The number of rotatable bonds is 5. The fraction of sp³-hybridized carbons (Fsp3) is 0.226. The summed E-state index contributed by atoms with van der Waals surface area (Å²) in [5.74, 6) is 0.390. The molecule has 2 N–H and O–H groups in total. The molecule has 6 nitrogen and oxygen atoms in total. The van der Waals surface area contributed by atoms with Gasteiger partial charge in [0.05, 0.1) is 20.1 Å². The zero-order valence-electron chi connectivity index (χ0n) is 21.5. The van der Waals surface area contributed by atoms with Gasteiger partial charge in [-0.15, -0.1) is 0 Å². The number of amidine groups is 1. The number of hydrogen-bond acceptors (Lipinski definition) is 5. The lowest BCUT2D eigenvalue weighted by Crippen LogP contribution is -2.42. The molecule has 3 aromatic carbocycles. The molecule has 3 aromatic rings. The minimum absolute atomic E-state index is 0.0187. The van der Waals surface area contributed by atoms with E-state index in [0.29, 0.717) is 63.7 Å². The van der Waals surface area contributed by atoms with Crippen molar-refractivity contribution in [3.05, 3.63) is 105 Å². The first-order chi connectivity index (χ1) is 18.3. The van der Waals surface area contributed by atoms with Crippen LogP contribution in [0.4, 0.5) is 5.69 Å². The van der Waals surface area contributed by atoms with Crippen LogP contribution in [0.2, 0.25) is 5.02 Å². The van der Waals surface area contributed by atoms with Gasteiger partial charge in [-0.2, -0.15) is 0 Å². The smallest absolute Gasteiger partial charge is 0.161 e. The summed E-state index contributed by atoms with van der Waals surface area (Å²) < 4.78 is 11.2. The van der Waals surface area contributed by atoms with E-state index in [1.807, 2.05) is 49.4 Å². The van der Waals surface area contributed by atoms with Gasteiger partial charge in [-0.3, -0.25) is 15.1 Å². The van der Waals surface area contributed by atoms with Crippen molar-refractivity contribution in [1.29, 1.82) is 5.41 Å². The molecular formula is C31H29ClN2O4. The maximum Gasteiger partial charge on any atom is 0.161 e. The number of benzene rings is 3. The molecule has 7 heteroatoms. The number of hydrogen-bond donors (Lipinski definition) is 2. The van der Waals surface area contributed by atoms with Gasteiger partial charge in [-0.1, -0.05) is 47.5 Å². The number of anilines is 1. The van der Waals surface area contributed by atoms with Gasteiger partial charge in [0.2, 0.25) is 0 Å². The largest absolute Gasteiger partial charge is 0.507 e. The number of carbonyl (C=O) groups is 1. The SMILES string of the molecule is COc1ccc(OC)c([C@@H]2C3=C(CCCC3=O)N(c3cccc(Cl)c3)C(=N)/C2=C(/O)c2ccc(C)cc2)c1. The third-order valence-corrected chi connectivity index (χ3v) is 7.38. The minimum Gasteiger partial charge on any atom is -0.507 e. The Kier molecular flexibility index (Phi) is 7.00. The van der Waals surface area contributed by atoms with Gasteiger partial charge in [0, 0.05) is 45.1 Å². The number of aryl methyl sites for hydroxylation is 1. The lowest BCUT2D eigenvalue weighted by atomic mass is 9.73. The van der Waals surface area contributed by atoms with E-state index in [1.165, 1.54) is 0 Å². The quantitative estimate of drug-likeness (QED) is 0.341. The molecule has 1 aliphatic heterocycles. The van der Waals surface area contributed by atoms with Crippen LogP contribution in [-0.2, 0) is 4.79 Å². The predicted molar refractivity (Wildman–Crippen MR) is 151 cm³/mol. The van der Waals surface area contributed by atoms with E-state index in [2.05, 4.69) is 0 Å². The van der Waals surface area contributed by atoms with Crippen LogP contribution < -0.4 is 14.4 Å². The summed E-state index contributed by atoms with van der Waals surface area (Å²) in [6, 6.07) is 20.1. The Morgan fingerprint density at radius 2 is 1.79 bits per heavy atom. The zero-order valence-corrected chi connectivity index (χ0v) is 22.3. The van der Waals surface area contributed by atoms with Crippen LogP contribution in [0, 0.1) is 12.3 Å². The second-order valence-corrected chi connectivity index (χ2v) is 9.91. The minimum atomic E-state index is -0.730. The van der Waals surface area contributed by atoms with Crippen molar-refractivity contribution in [2.45, 2.75) is 32.1 Å². The third kappa shape index (κ3) is 4.45. The summed E-state index contributed by atoms with van der Waals surface area (Å²) in [6.45, 7) is 1.97. The molecule has 0 unspecified atom stereocenters. The van der Waals surface area contributed by atoms with Crippen LogP contribution in [0.15, 0.2) is 83.6 Å². The Bertz CT molecular complexity index is 1490. The molecular weight excluding hydrogens is 500 g/mol. The summed E-state index contributed by atoms with van der Waals surface area (Å²) >= 11 is 6.35. The topological polar surface area (TPSA) is 82.9 Å². The lowest BCUT2D eigenvalue weighted by molar-refractivity contribution is -0.116. The molecule has 0 spiro atoms. The van der Waals surface area contributed by atoms with Crippen molar-refractivity contribution >= 4 is 34.7 Å². The van der Waals surface area contributed by atoms with Gasteiger partial charge in [-0.05, 0) is 56.2 Å². The second kappa shape index (κ2) is 10.4. The third-order valence-electron chi connectivity index (χ3n) is 7.15. The highest BCUT2D eigenvalue weighted by atomic mass is 35.5. The molecule has 0 bridgehead atoms. The van der Waals surface area contributed by atoms with E-state index in [0.717, 1.165) is 11.3 Å². The van der Waals surface area contributed by atoms with E-state index in [4.69, 9.17) is 21.1 Å². The first-order valence-electron chi connectivity index (χ1n) is 12.5. The summed E-state index contributed by atoms with van der Waals surface area (Å²) in [4.78, 5) is 15.5. The molecule has 0 aromatic heterocycles. The summed E-state index contributed by atoms with van der Waals surface area (Å²) in [6.07, 6.45) is 1.67. The maximum atomic E-state index is 13.7. The Labute approximate surface area is 227 Å². The van der Waals surface area contributed by atoms with Crippen molar-refractivity contribution in [2.75, 3.05) is 19.1 Å². The zero-order chi connectivity index (χ0) is 27.0. The van der Waals surface area contributed by atoms with E-state index < -0.39 is 5.92 Å².